The van der Waals surface area contributed by atoms with Crippen LogP contribution in [0.4, 0.5) is 0 Å². The summed E-state index contributed by atoms with van der Waals surface area (Å²) in [5, 5.41) is 11.1. The van der Waals surface area contributed by atoms with E-state index in [0.29, 0.717) is 29.3 Å². The fraction of sp³-hybridized carbons (Fsp3) is 0.318. The lowest BCUT2D eigenvalue weighted by Gasteiger charge is -2.24. The number of pyridine rings is 1. The molecule has 1 fully saturated rings. The van der Waals surface area contributed by atoms with E-state index in [1.54, 1.807) is 42.6 Å². The monoisotopic (exact) mass is 410 g/mol. The number of aliphatic hydroxyl groups excluding tert-OH is 1. The summed E-state index contributed by atoms with van der Waals surface area (Å²) in [6, 6.07) is 9.50. The third-order valence-corrected chi connectivity index (χ3v) is 5.23. The van der Waals surface area contributed by atoms with Crippen LogP contribution in [0.1, 0.15) is 23.7 Å². The second-order valence-electron chi connectivity index (χ2n) is 7.63. The van der Waals surface area contributed by atoms with Crippen LogP contribution in [0.2, 0.25) is 0 Å². The number of carbonyl (C=O) groups excluding carboxylic acids is 2. The molecule has 0 radical (unpaired) electrons. The van der Waals surface area contributed by atoms with Crippen molar-refractivity contribution in [3.63, 3.8) is 0 Å². The van der Waals surface area contributed by atoms with Gasteiger partial charge in [0.25, 0.3) is 11.7 Å². The van der Waals surface area contributed by atoms with E-state index >= 15 is 0 Å². The molecule has 0 aliphatic carbocycles. The number of hydrogen-bond acceptors (Lipinski definition) is 6. The molecule has 0 saturated carbocycles. The number of quaternary nitrogens is 1. The van der Waals surface area contributed by atoms with E-state index in [4.69, 9.17) is 9.47 Å². The Balaban J connectivity index is 1.77. The largest absolute Gasteiger partial charge is 0.507 e. The molecule has 0 spiro atoms. The van der Waals surface area contributed by atoms with Crippen molar-refractivity contribution in [2.45, 2.75) is 12.5 Å². The summed E-state index contributed by atoms with van der Waals surface area (Å²) in [6.07, 6.45) is 2.34. The van der Waals surface area contributed by atoms with Gasteiger partial charge >= 0.3 is 0 Å². The van der Waals surface area contributed by atoms with Gasteiger partial charge in [0.15, 0.2) is 11.5 Å². The van der Waals surface area contributed by atoms with Gasteiger partial charge in [0.05, 0.1) is 31.9 Å². The molecular formula is C22H24N3O5+. The van der Waals surface area contributed by atoms with Gasteiger partial charge in [-0.25, -0.2) is 0 Å². The Kier molecular flexibility index (Phi) is 5.41. The molecule has 0 bridgehead atoms. The van der Waals surface area contributed by atoms with Crippen LogP contribution in [0, 0.1) is 0 Å². The highest BCUT2D eigenvalue weighted by Crippen LogP contribution is 2.40. The van der Waals surface area contributed by atoms with Crippen LogP contribution < -0.4 is 14.4 Å². The molecule has 2 aliphatic rings. The minimum Gasteiger partial charge on any atom is -0.507 e. The number of fused-ring (bicyclic) bond motifs is 1. The van der Waals surface area contributed by atoms with Crippen LogP contribution in [0.25, 0.3) is 5.76 Å². The molecule has 4 rings (SSSR count). The third kappa shape index (κ3) is 3.61. The normalized spacial score (nSPS) is 19.7. The fourth-order valence-electron chi connectivity index (χ4n) is 3.76. The van der Waals surface area contributed by atoms with Crippen molar-refractivity contribution in [2.24, 2.45) is 0 Å². The van der Waals surface area contributed by atoms with E-state index in [1.807, 2.05) is 14.1 Å². The zero-order chi connectivity index (χ0) is 21.3. The molecule has 2 N–H and O–H groups in total. The number of ether oxygens (including phenoxy) is 2. The van der Waals surface area contributed by atoms with Crippen LogP contribution in [0.15, 0.2) is 48.2 Å². The molecule has 2 aliphatic heterocycles. The van der Waals surface area contributed by atoms with Gasteiger partial charge in [-0.3, -0.25) is 14.6 Å². The number of likely N-dealkylation sites (tertiary alicyclic amines) is 1. The van der Waals surface area contributed by atoms with Gasteiger partial charge < -0.3 is 24.4 Å². The maximum atomic E-state index is 12.9. The first-order valence-electron chi connectivity index (χ1n) is 9.85. The zero-order valence-corrected chi connectivity index (χ0v) is 16.9. The molecule has 156 valence electrons. The molecule has 1 atom stereocenters. The minimum atomic E-state index is -0.742. The molecule has 1 aromatic heterocycles. The maximum absolute atomic E-state index is 12.9. The number of rotatable bonds is 6. The van der Waals surface area contributed by atoms with E-state index in [9.17, 15) is 14.7 Å². The summed E-state index contributed by atoms with van der Waals surface area (Å²) >= 11 is 0. The Bertz CT molecular complexity index is 1000. The average Bonchev–Trinajstić information content (AvgIpc) is 3.31. The number of Topliss-reactive ketones (excluding diaryl/α,β-unsaturated/α-hetero) is 1. The number of ketones is 1. The van der Waals surface area contributed by atoms with Gasteiger partial charge in [-0.2, -0.15) is 0 Å². The van der Waals surface area contributed by atoms with Crippen LogP contribution in [0.5, 0.6) is 11.5 Å². The number of hydrogen-bond donors (Lipinski definition) is 2. The van der Waals surface area contributed by atoms with Gasteiger partial charge in [0.1, 0.15) is 11.8 Å². The summed E-state index contributed by atoms with van der Waals surface area (Å²) in [5.74, 6) is -0.529. The third-order valence-electron chi connectivity index (χ3n) is 5.23. The van der Waals surface area contributed by atoms with Crippen molar-refractivity contribution in [1.29, 1.82) is 0 Å². The second kappa shape index (κ2) is 8.16. The Morgan fingerprint density at radius 1 is 1.20 bits per heavy atom. The SMILES string of the molecule is C[NH+](C)CCCN1C(=O)C(=O)/C(=C(\O)c2ccc3c(c2)OCO3)[C@H]1c1ccccn1. The van der Waals surface area contributed by atoms with Crippen molar-refractivity contribution < 1.29 is 29.1 Å². The molecule has 1 saturated heterocycles. The van der Waals surface area contributed by atoms with E-state index in [-0.39, 0.29) is 18.1 Å². The van der Waals surface area contributed by atoms with Gasteiger partial charge in [-0.15, -0.1) is 0 Å². The minimum absolute atomic E-state index is 0.0368. The highest BCUT2D eigenvalue weighted by atomic mass is 16.7. The van der Waals surface area contributed by atoms with Gasteiger partial charge in [-0.1, -0.05) is 6.07 Å². The van der Waals surface area contributed by atoms with Crippen molar-refractivity contribution in [1.82, 2.24) is 9.88 Å². The van der Waals surface area contributed by atoms with Gasteiger partial charge in [-0.05, 0) is 30.3 Å². The van der Waals surface area contributed by atoms with Crippen LogP contribution in [0.3, 0.4) is 0 Å². The number of amides is 1. The van der Waals surface area contributed by atoms with Crippen LogP contribution in [-0.4, -0.2) is 60.7 Å². The van der Waals surface area contributed by atoms with Crippen LogP contribution >= 0.6 is 0 Å². The summed E-state index contributed by atoms with van der Waals surface area (Å²) in [5.41, 5.74) is 0.960. The molecule has 1 aromatic carbocycles. The van der Waals surface area contributed by atoms with Gasteiger partial charge in [0, 0.05) is 24.7 Å². The Hall–Kier alpha value is -3.39. The molecular weight excluding hydrogens is 386 g/mol. The molecule has 30 heavy (non-hydrogen) atoms. The predicted octanol–water partition coefficient (Wildman–Crippen LogP) is 0.767. The summed E-state index contributed by atoms with van der Waals surface area (Å²) < 4.78 is 10.7. The van der Waals surface area contributed by atoms with E-state index in [1.165, 1.54) is 9.80 Å². The summed E-state index contributed by atoms with van der Waals surface area (Å²) in [4.78, 5) is 32.9. The maximum Gasteiger partial charge on any atom is 0.295 e. The Morgan fingerprint density at radius 2 is 2.00 bits per heavy atom. The first kappa shape index (κ1) is 19.9. The second-order valence-corrected chi connectivity index (χ2v) is 7.63. The Morgan fingerprint density at radius 3 is 2.73 bits per heavy atom. The van der Waals surface area contributed by atoms with Crippen molar-refractivity contribution in [2.75, 3.05) is 34.0 Å². The molecule has 8 nitrogen and oxygen atoms in total. The Labute approximate surface area is 174 Å². The van der Waals surface area contributed by atoms with Gasteiger partial charge in [0.2, 0.25) is 6.79 Å². The fourth-order valence-corrected chi connectivity index (χ4v) is 3.76. The lowest BCUT2D eigenvalue weighted by molar-refractivity contribution is -0.858. The highest BCUT2D eigenvalue weighted by Gasteiger charge is 2.46. The van der Waals surface area contributed by atoms with E-state index in [2.05, 4.69) is 4.98 Å². The molecule has 8 heteroatoms. The smallest absolute Gasteiger partial charge is 0.295 e. The van der Waals surface area contributed by atoms with Crippen molar-refractivity contribution >= 4 is 17.4 Å². The number of benzene rings is 1. The first-order chi connectivity index (χ1) is 14.5. The van der Waals surface area contributed by atoms with Crippen molar-refractivity contribution in [3.8, 4) is 11.5 Å². The quantitative estimate of drug-likeness (QED) is 0.415. The molecule has 3 heterocycles. The average molecular weight is 410 g/mol. The first-order valence-corrected chi connectivity index (χ1v) is 9.85. The lowest BCUT2D eigenvalue weighted by Crippen LogP contribution is -3.05. The highest BCUT2D eigenvalue weighted by molar-refractivity contribution is 6.46. The van der Waals surface area contributed by atoms with E-state index in [0.717, 1.165) is 13.0 Å². The lowest BCUT2D eigenvalue weighted by atomic mass is 9.98. The molecule has 0 unspecified atom stereocenters. The molecule has 1 amide bonds. The summed E-state index contributed by atoms with van der Waals surface area (Å²) in [6.45, 7) is 1.35. The zero-order valence-electron chi connectivity index (χ0n) is 16.9. The topological polar surface area (TPSA) is 93.4 Å². The number of aromatic nitrogens is 1. The van der Waals surface area contributed by atoms with E-state index < -0.39 is 17.7 Å². The number of carbonyl (C=O) groups is 2. The van der Waals surface area contributed by atoms with Crippen molar-refractivity contribution in [3.05, 3.63) is 59.4 Å². The standard InChI is InChI=1S/C22H23N3O5/c1-24(2)10-5-11-25-19(15-6-3-4-9-23-15)18(21(27)22(25)28)20(26)14-7-8-16-17(12-14)30-13-29-16/h3-4,6-9,12,19,26H,5,10-11,13H2,1-2H3/p+1/b20-18-/t19-/m1/s1. The number of aliphatic hydroxyl groups is 1. The van der Waals surface area contributed by atoms with Crippen LogP contribution in [-0.2, 0) is 9.59 Å². The molecule has 2 aromatic rings. The summed E-state index contributed by atoms with van der Waals surface area (Å²) in [7, 11) is 4.06. The predicted molar refractivity (Wildman–Crippen MR) is 108 cm³/mol. The number of nitrogens with one attached hydrogen (secondary N) is 1. The number of nitrogens with zero attached hydrogens (tertiary/aromatic N) is 2.